The highest BCUT2D eigenvalue weighted by Gasteiger charge is 2.34. The maximum atomic E-state index is 13.6. The fraction of sp³-hybridized carbons (Fsp3) is 0.100. The molecule has 0 aliphatic carbocycles. The van der Waals surface area contributed by atoms with Gasteiger partial charge in [-0.15, -0.1) is 0 Å². The molecule has 3 aromatic carbocycles. The molecular formula is C30H23BrN2O5S. The van der Waals surface area contributed by atoms with Crippen LogP contribution in [-0.4, -0.2) is 34.2 Å². The minimum Gasteiger partial charge on any atom is -0.497 e. The lowest BCUT2D eigenvalue weighted by Gasteiger charge is -2.16. The first-order valence-electron chi connectivity index (χ1n) is 11.9. The van der Waals surface area contributed by atoms with Gasteiger partial charge in [-0.2, -0.15) is 0 Å². The molecule has 196 valence electrons. The maximum absolute atomic E-state index is 13.6. The molecule has 0 radical (unpaired) electrons. The lowest BCUT2D eigenvalue weighted by molar-refractivity contribution is -0.122. The molecule has 1 aromatic heterocycles. The minimum absolute atomic E-state index is 0.183. The van der Waals surface area contributed by atoms with E-state index in [1.54, 1.807) is 42.4 Å². The Morgan fingerprint density at radius 3 is 2.49 bits per heavy atom. The van der Waals surface area contributed by atoms with Gasteiger partial charge in [0, 0.05) is 16.1 Å². The predicted molar refractivity (Wildman–Crippen MR) is 156 cm³/mol. The van der Waals surface area contributed by atoms with Gasteiger partial charge in [-0.1, -0.05) is 34.1 Å². The van der Waals surface area contributed by atoms with E-state index in [2.05, 4.69) is 15.9 Å². The van der Waals surface area contributed by atoms with Crippen LogP contribution in [0.2, 0.25) is 0 Å². The highest BCUT2D eigenvalue weighted by Crippen LogP contribution is 2.37. The third-order valence-corrected chi connectivity index (χ3v) is 7.68. The largest absolute Gasteiger partial charge is 0.497 e. The van der Waals surface area contributed by atoms with E-state index in [0.29, 0.717) is 33.0 Å². The summed E-state index contributed by atoms with van der Waals surface area (Å²) in [4.78, 5) is 31.6. The third kappa shape index (κ3) is 6.00. The number of carboxylic acid groups (broad SMARTS) is 1. The number of carbonyl (C=O) groups is 2. The number of halogens is 1. The molecule has 0 unspecified atom stereocenters. The fourth-order valence-electron chi connectivity index (χ4n) is 3.96. The molecule has 0 spiro atoms. The highest BCUT2D eigenvalue weighted by molar-refractivity contribution is 9.10. The second kappa shape index (κ2) is 11.3. The summed E-state index contributed by atoms with van der Waals surface area (Å²) in [6.45, 7) is 2.25. The summed E-state index contributed by atoms with van der Waals surface area (Å²) in [5.41, 5.74) is 3.69. The van der Waals surface area contributed by atoms with E-state index in [4.69, 9.17) is 14.1 Å². The Hall–Kier alpha value is -4.08. The van der Waals surface area contributed by atoms with Gasteiger partial charge in [-0.05, 0) is 90.5 Å². The van der Waals surface area contributed by atoms with Crippen molar-refractivity contribution in [3.8, 4) is 17.1 Å². The molecule has 2 heterocycles. The number of aryl methyl sites for hydroxylation is 1. The van der Waals surface area contributed by atoms with Gasteiger partial charge in [0.1, 0.15) is 17.3 Å². The summed E-state index contributed by atoms with van der Waals surface area (Å²) in [6, 6.07) is 23.4. The number of nitrogens with zero attached hydrogens (tertiary/aromatic N) is 2. The number of benzene rings is 3. The van der Waals surface area contributed by atoms with Gasteiger partial charge in [0.2, 0.25) is 0 Å². The number of hydrogen-bond donors (Lipinski definition) is 1. The van der Waals surface area contributed by atoms with Crippen LogP contribution in [0.15, 0.2) is 97.7 Å². The van der Waals surface area contributed by atoms with E-state index in [0.717, 1.165) is 21.2 Å². The number of amides is 1. The average molecular weight is 603 g/mol. The molecule has 1 saturated heterocycles. The van der Waals surface area contributed by atoms with Crippen LogP contribution >= 0.6 is 27.7 Å². The van der Waals surface area contributed by atoms with E-state index in [1.165, 1.54) is 23.9 Å². The van der Waals surface area contributed by atoms with E-state index in [1.807, 2.05) is 49.4 Å². The van der Waals surface area contributed by atoms with E-state index < -0.39 is 5.97 Å². The van der Waals surface area contributed by atoms with Crippen LogP contribution in [0.3, 0.4) is 0 Å². The molecule has 7 nitrogen and oxygen atoms in total. The average Bonchev–Trinajstić information content (AvgIpc) is 3.50. The zero-order chi connectivity index (χ0) is 27.5. The van der Waals surface area contributed by atoms with Gasteiger partial charge in [0.15, 0.2) is 5.17 Å². The van der Waals surface area contributed by atoms with Crippen molar-refractivity contribution in [1.82, 2.24) is 4.90 Å². The second-order valence-electron chi connectivity index (χ2n) is 8.78. The number of amidine groups is 1. The molecule has 1 N–H and O–H groups in total. The van der Waals surface area contributed by atoms with Crippen LogP contribution in [-0.2, 0) is 11.3 Å². The third-order valence-electron chi connectivity index (χ3n) is 6.02. The standard InChI is InChI=1S/C30H23BrN2O5S/c1-18-3-13-24(25(31)15-18)26-14-12-23(38-26)16-27-28(34)33(17-19-4-6-20(7-5-19)29(35)36)30(39-27)32-21-8-10-22(37-2)11-9-21/h3-16H,17H2,1-2H3,(H,35,36)/b27-16+,32-30?. The van der Waals surface area contributed by atoms with Crippen molar-refractivity contribution >= 4 is 56.5 Å². The smallest absolute Gasteiger partial charge is 0.335 e. The number of carbonyl (C=O) groups excluding carboxylic acids is 1. The number of methoxy groups -OCH3 is 1. The number of hydrogen-bond acceptors (Lipinski definition) is 6. The number of aromatic carboxylic acids is 1. The fourth-order valence-corrected chi connectivity index (χ4v) is 5.62. The summed E-state index contributed by atoms with van der Waals surface area (Å²) in [5, 5.41) is 9.71. The van der Waals surface area contributed by atoms with Crippen molar-refractivity contribution < 1.29 is 23.8 Å². The van der Waals surface area contributed by atoms with Gasteiger partial charge in [-0.3, -0.25) is 9.69 Å². The van der Waals surface area contributed by atoms with E-state index >= 15 is 0 Å². The summed E-state index contributed by atoms with van der Waals surface area (Å²) < 4.78 is 12.2. The number of thioether (sulfide) groups is 1. The molecule has 5 rings (SSSR count). The summed E-state index contributed by atoms with van der Waals surface area (Å²) in [5.74, 6) is 0.719. The first-order valence-corrected chi connectivity index (χ1v) is 13.5. The van der Waals surface area contributed by atoms with Gasteiger partial charge in [-0.25, -0.2) is 9.79 Å². The van der Waals surface area contributed by atoms with Gasteiger partial charge < -0.3 is 14.3 Å². The number of rotatable bonds is 7. The van der Waals surface area contributed by atoms with Crippen LogP contribution in [0.1, 0.15) is 27.2 Å². The molecule has 1 aliphatic heterocycles. The maximum Gasteiger partial charge on any atom is 0.335 e. The molecule has 0 bridgehead atoms. The number of aliphatic imine (C=N–C) groups is 1. The zero-order valence-electron chi connectivity index (χ0n) is 21.1. The lowest BCUT2D eigenvalue weighted by Crippen LogP contribution is -2.28. The molecule has 39 heavy (non-hydrogen) atoms. The van der Waals surface area contributed by atoms with Crippen LogP contribution in [0, 0.1) is 6.92 Å². The SMILES string of the molecule is COc1ccc(N=C2S/C(=C/c3ccc(-c4ccc(C)cc4Br)o3)C(=O)N2Cc2ccc(C(=O)O)cc2)cc1. The molecule has 9 heteroatoms. The lowest BCUT2D eigenvalue weighted by atomic mass is 10.1. The highest BCUT2D eigenvalue weighted by atomic mass is 79.9. The van der Waals surface area contributed by atoms with E-state index in [-0.39, 0.29) is 18.0 Å². The Kier molecular flexibility index (Phi) is 7.72. The normalized spacial score (nSPS) is 15.4. The topological polar surface area (TPSA) is 92.3 Å². The predicted octanol–water partition coefficient (Wildman–Crippen LogP) is 7.53. The molecule has 0 saturated carbocycles. The number of furan rings is 1. The van der Waals surface area contributed by atoms with Crippen molar-refractivity contribution in [2.45, 2.75) is 13.5 Å². The Bertz CT molecular complexity index is 1610. The first-order chi connectivity index (χ1) is 18.8. The summed E-state index contributed by atoms with van der Waals surface area (Å²) in [7, 11) is 1.60. The molecule has 1 amide bonds. The number of carboxylic acids is 1. The summed E-state index contributed by atoms with van der Waals surface area (Å²) in [6.07, 6.45) is 1.72. The van der Waals surface area contributed by atoms with Crippen molar-refractivity contribution in [3.05, 3.63) is 111 Å². The Morgan fingerprint density at radius 1 is 1.08 bits per heavy atom. The molecule has 1 aliphatic rings. The van der Waals surface area contributed by atoms with Gasteiger partial charge >= 0.3 is 5.97 Å². The molecule has 0 atom stereocenters. The van der Waals surface area contributed by atoms with Crippen LogP contribution in [0.5, 0.6) is 5.75 Å². The van der Waals surface area contributed by atoms with Crippen LogP contribution in [0.25, 0.3) is 17.4 Å². The van der Waals surface area contributed by atoms with Crippen LogP contribution in [0.4, 0.5) is 5.69 Å². The van der Waals surface area contributed by atoms with Crippen molar-refractivity contribution in [3.63, 3.8) is 0 Å². The number of ether oxygens (including phenoxy) is 1. The minimum atomic E-state index is -1.00. The molecule has 4 aromatic rings. The van der Waals surface area contributed by atoms with Crippen molar-refractivity contribution in [2.75, 3.05) is 7.11 Å². The summed E-state index contributed by atoms with van der Waals surface area (Å²) >= 11 is 4.85. The second-order valence-corrected chi connectivity index (χ2v) is 10.6. The Morgan fingerprint density at radius 2 is 1.82 bits per heavy atom. The quantitative estimate of drug-likeness (QED) is 0.220. The molecule has 1 fully saturated rings. The Labute approximate surface area is 237 Å². The first kappa shape index (κ1) is 26.5. The van der Waals surface area contributed by atoms with Gasteiger partial charge in [0.25, 0.3) is 5.91 Å². The zero-order valence-corrected chi connectivity index (χ0v) is 23.5. The van der Waals surface area contributed by atoms with Crippen LogP contribution < -0.4 is 4.74 Å². The molecular weight excluding hydrogens is 580 g/mol. The van der Waals surface area contributed by atoms with Crippen molar-refractivity contribution in [2.24, 2.45) is 4.99 Å². The van der Waals surface area contributed by atoms with E-state index in [9.17, 15) is 14.7 Å². The van der Waals surface area contributed by atoms with Gasteiger partial charge in [0.05, 0.1) is 29.8 Å². The Balaban J connectivity index is 1.46. The van der Waals surface area contributed by atoms with Crippen molar-refractivity contribution in [1.29, 1.82) is 0 Å². The monoisotopic (exact) mass is 602 g/mol.